The maximum Gasteiger partial charge on any atom is 0.347 e. The first-order valence-corrected chi connectivity index (χ1v) is 17.8. The normalized spacial score (nSPS) is 13.0. The monoisotopic (exact) mass is 788 g/mol. The third-order valence-electron chi connectivity index (χ3n) is 8.05. The van der Waals surface area contributed by atoms with Crippen molar-refractivity contribution in [1.82, 2.24) is 0 Å². The van der Waals surface area contributed by atoms with E-state index in [4.69, 9.17) is 26.4 Å². The van der Waals surface area contributed by atoms with Crippen LogP contribution in [-0.4, -0.2) is 52.4 Å². The van der Waals surface area contributed by atoms with Gasteiger partial charge in [0, 0.05) is 10.3 Å². The molecule has 282 valence electrons. The van der Waals surface area contributed by atoms with Crippen LogP contribution in [0.1, 0.15) is 52.4 Å². The quantitative estimate of drug-likeness (QED) is 0.0271. The second-order valence-corrected chi connectivity index (χ2v) is 12.8. The molecule has 0 aliphatic heterocycles. The zero-order valence-corrected chi connectivity index (χ0v) is 30.6. The number of carbonyl (C=O) groups is 3. The van der Waals surface area contributed by atoms with E-state index in [2.05, 4.69) is 9.68 Å². The van der Waals surface area contributed by atoms with Crippen LogP contribution in [0.3, 0.4) is 0 Å². The van der Waals surface area contributed by atoms with E-state index >= 15 is 0 Å². The second-order valence-electron chi connectivity index (χ2n) is 11.7. The number of nitrogens with zero attached hydrogens (tertiary/aromatic N) is 2. The van der Waals surface area contributed by atoms with E-state index in [-0.39, 0.29) is 17.9 Å². The van der Waals surface area contributed by atoms with Crippen molar-refractivity contribution in [3.8, 4) is 17.2 Å². The molecule has 4 aromatic carbocycles. The molecule has 4 aromatic rings. The van der Waals surface area contributed by atoms with Gasteiger partial charge in [0.2, 0.25) is 0 Å². The highest BCUT2D eigenvalue weighted by Crippen LogP contribution is 2.44. The molecule has 55 heavy (non-hydrogen) atoms. The molecule has 1 atom stereocenters. The van der Waals surface area contributed by atoms with E-state index in [9.17, 15) is 39.0 Å². The summed E-state index contributed by atoms with van der Waals surface area (Å²) in [5.74, 6) is -3.97. The number of ether oxygens (including phenoxy) is 3. The number of hydrogen-bond acceptors (Lipinski definition) is 14. The van der Waals surface area contributed by atoms with E-state index in [1.807, 2.05) is 43.5 Å². The Morgan fingerprint density at radius 1 is 0.836 bits per heavy atom. The Hall–Kier alpha value is -6.46. The smallest absolute Gasteiger partial charge is 0.347 e. The van der Waals surface area contributed by atoms with Crippen LogP contribution < -0.4 is 14.2 Å². The summed E-state index contributed by atoms with van der Waals surface area (Å²) in [6.07, 6.45) is 1.03. The fourth-order valence-electron chi connectivity index (χ4n) is 5.50. The van der Waals surface area contributed by atoms with Crippen molar-refractivity contribution in [2.45, 2.75) is 30.8 Å². The predicted molar refractivity (Wildman–Crippen MR) is 201 cm³/mol. The molecule has 0 bridgehead atoms. The Morgan fingerprint density at radius 2 is 1.53 bits per heavy atom. The molecule has 0 spiro atoms. The van der Waals surface area contributed by atoms with Gasteiger partial charge in [0.15, 0.2) is 0 Å². The van der Waals surface area contributed by atoms with Crippen molar-refractivity contribution in [1.29, 1.82) is 0 Å². The summed E-state index contributed by atoms with van der Waals surface area (Å²) < 4.78 is 30.9. The number of thioether (sulfide) groups is 1. The Labute approximate surface area is 321 Å². The highest BCUT2D eigenvalue weighted by Gasteiger charge is 2.28. The first kappa shape index (κ1) is 39.7. The van der Waals surface area contributed by atoms with Gasteiger partial charge in [-0.1, -0.05) is 42.5 Å². The van der Waals surface area contributed by atoms with E-state index in [1.54, 1.807) is 30.0 Å². The van der Waals surface area contributed by atoms with Crippen molar-refractivity contribution in [2.75, 3.05) is 12.9 Å². The number of esters is 3. The number of fused-ring (bicyclic) bond motifs is 1. The molecular formula is C38H29FN2O12S2. The minimum absolute atomic E-state index is 0.0836. The van der Waals surface area contributed by atoms with Gasteiger partial charge in [0.25, 0.3) is 10.2 Å². The van der Waals surface area contributed by atoms with Gasteiger partial charge >= 0.3 is 17.9 Å². The van der Waals surface area contributed by atoms with Gasteiger partial charge < -0.3 is 23.9 Å². The number of benzene rings is 4. The van der Waals surface area contributed by atoms with Gasteiger partial charge in [-0.05, 0) is 113 Å². The minimum Gasteiger partial charge on any atom is -0.426 e. The standard InChI is InChI=1S/C38H29FN2O12S2/c1-22-31(15-23-5-11-29(55-2)12-6-23)30-13-7-25(39)16-33(30)32(22)19-37(43)50-27-10-14-35(52-36(42)18-28(53-41(47)48)20-49-40(45)46)34(17-27)38(44)51-26-8-3-24(21-54)4-9-26/h3-17,21,28H,18-20H2,1-2H3/b31-15-. The van der Waals surface area contributed by atoms with Gasteiger partial charge in [-0.15, -0.1) is 32.0 Å². The van der Waals surface area contributed by atoms with E-state index < -0.39 is 64.3 Å². The van der Waals surface area contributed by atoms with Crippen LogP contribution in [0.4, 0.5) is 4.39 Å². The first-order valence-electron chi connectivity index (χ1n) is 16.1. The Balaban J connectivity index is 1.40. The lowest BCUT2D eigenvalue weighted by Crippen LogP contribution is -2.29. The summed E-state index contributed by atoms with van der Waals surface area (Å²) in [5, 5.41) is 20.4. The topological polar surface area (TPSA) is 184 Å². The number of halogens is 1. The molecule has 0 fully saturated rings. The Bertz CT molecular complexity index is 2220. The Kier molecular flexibility index (Phi) is 13.0. The van der Waals surface area contributed by atoms with Gasteiger partial charge in [0.05, 0.1) is 12.8 Å². The maximum absolute atomic E-state index is 14.5. The molecule has 0 amide bonds. The maximum atomic E-state index is 14.5. The molecule has 1 aliphatic carbocycles. The number of thiocarbonyl (C=S) groups is 1. The molecule has 0 heterocycles. The lowest BCUT2D eigenvalue weighted by molar-refractivity contribution is -0.789. The molecule has 1 unspecified atom stereocenters. The summed E-state index contributed by atoms with van der Waals surface area (Å²) in [6.45, 7) is 0.851. The van der Waals surface area contributed by atoms with Crippen LogP contribution in [0.25, 0.3) is 17.2 Å². The lowest BCUT2D eigenvalue weighted by Gasteiger charge is -2.15. The number of hydrogen-bond donors (Lipinski definition) is 0. The highest BCUT2D eigenvalue weighted by molar-refractivity contribution is 7.98. The fraction of sp³-hybridized carbons (Fsp3) is 0.158. The summed E-state index contributed by atoms with van der Waals surface area (Å²) in [6, 6.07) is 21.8. The van der Waals surface area contributed by atoms with Gasteiger partial charge in [-0.25, -0.2) is 9.18 Å². The van der Waals surface area contributed by atoms with Crippen LogP contribution in [0.5, 0.6) is 17.2 Å². The summed E-state index contributed by atoms with van der Waals surface area (Å²) >= 11 is 6.51. The molecule has 0 saturated carbocycles. The van der Waals surface area contributed by atoms with E-state index in [0.717, 1.165) is 39.3 Å². The average Bonchev–Trinajstić information content (AvgIpc) is 3.39. The van der Waals surface area contributed by atoms with Gasteiger partial charge in [0.1, 0.15) is 41.3 Å². The zero-order valence-electron chi connectivity index (χ0n) is 28.9. The third kappa shape index (κ3) is 10.6. The SMILES string of the molecule is CSc1ccc(/C=C2/C(C)=C(CC(=O)Oc3ccc(OC(=O)CC(CO[N+](=O)[O-])O[N+](=O)[O-])c(C(=O)Oc4ccc(C=S)cc4)c3)c3cc(F)ccc32)cc1. The molecule has 0 N–H and O–H groups in total. The molecule has 0 aromatic heterocycles. The molecule has 17 heteroatoms. The van der Waals surface area contributed by atoms with Crippen molar-refractivity contribution >= 4 is 64.5 Å². The van der Waals surface area contributed by atoms with Gasteiger partial charge in [-0.3, -0.25) is 9.59 Å². The van der Waals surface area contributed by atoms with Crippen LogP contribution in [0, 0.1) is 26.0 Å². The zero-order chi connectivity index (χ0) is 39.6. The van der Waals surface area contributed by atoms with Crippen LogP contribution >= 0.6 is 24.0 Å². The molecule has 0 radical (unpaired) electrons. The van der Waals surface area contributed by atoms with Crippen LogP contribution in [0.15, 0.2) is 95.4 Å². The van der Waals surface area contributed by atoms with Crippen molar-refractivity contribution in [2.24, 2.45) is 0 Å². The number of carbonyl (C=O) groups excluding carboxylic acids is 3. The van der Waals surface area contributed by atoms with Crippen molar-refractivity contribution in [3.05, 3.63) is 144 Å². The summed E-state index contributed by atoms with van der Waals surface area (Å²) in [4.78, 5) is 70.6. The fourth-order valence-corrected chi connectivity index (χ4v) is 6.07. The minimum atomic E-state index is -1.73. The van der Waals surface area contributed by atoms with Crippen molar-refractivity contribution in [3.63, 3.8) is 0 Å². The molecule has 14 nitrogen and oxygen atoms in total. The molecule has 5 rings (SSSR count). The molecule has 0 saturated heterocycles. The largest absolute Gasteiger partial charge is 0.426 e. The molecular weight excluding hydrogens is 760 g/mol. The lowest BCUT2D eigenvalue weighted by atomic mass is 10.0. The number of rotatable bonds is 16. The van der Waals surface area contributed by atoms with Gasteiger partial charge in [-0.2, -0.15) is 0 Å². The van der Waals surface area contributed by atoms with Crippen molar-refractivity contribution < 1.29 is 52.8 Å². The van der Waals surface area contributed by atoms with E-state index in [1.165, 1.54) is 35.7 Å². The second kappa shape index (κ2) is 18.0. The first-order chi connectivity index (χ1) is 26.3. The average molecular weight is 789 g/mol. The summed E-state index contributed by atoms with van der Waals surface area (Å²) in [5.41, 5.74) is 4.51. The summed E-state index contributed by atoms with van der Waals surface area (Å²) in [7, 11) is 0. The molecule has 1 aliphatic rings. The number of allylic oxidation sites excluding steroid dienone is 2. The van der Waals surface area contributed by atoms with Crippen LogP contribution in [-0.2, 0) is 19.3 Å². The third-order valence-corrected chi connectivity index (χ3v) is 9.07. The Morgan fingerprint density at radius 3 is 2.18 bits per heavy atom. The van der Waals surface area contributed by atoms with E-state index in [0.29, 0.717) is 16.7 Å². The highest BCUT2D eigenvalue weighted by atomic mass is 32.2. The van der Waals surface area contributed by atoms with Crippen LogP contribution in [0.2, 0.25) is 0 Å². The predicted octanol–water partition coefficient (Wildman–Crippen LogP) is 7.52.